The van der Waals surface area contributed by atoms with Gasteiger partial charge >= 0.3 is 5.97 Å². The maximum absolute atomic E-state index is 12.9. The predicted octanol–water partition coefficient (Wildman–Crippen LogP) is 3.37. The molecule has 1 N–H and O–H groups in total. The van der Waals surface area contributed by atoms with Crippen molar-refractivity contribution in [1.29, 1.82) is 0 Å². The number of ether oxygens (including phenoxy) is 2. The molecule has 0 saturated heterocycles. The first-order chi connectivity index (χ1) is 14.3. The summed E-state index contributed by atoms with van der Waals surface area (Å²) in [5.74, 6) is -0.332. The Labute approximate surface area is 177 Å². The summed E-state index contributed by atoms with van der Waals surface area (Å²) in [5, 5.41) is 3.13. The zero-order chi connectivity index (χ0) is 21.8. The molecule has 3 rings (SSSR count). The van der Waals surface area contributed by atoms with Crippen molar-refractivity contribution in [1.82, 2.24) is 9.55 Å². The number of nitrogens with zero attached hydrogens (tertiary/aromatic N) is 2. The molecule has 0 aliphatic carbocycles. The van der Waals surface area contributed by atoms with E-state index in [4.69, 9.17) is 9.47 Å². The topological polar surface area (TPSA) is 99.5 Å². The number of carbonyl (C=O) groups is 2. The first-order valence-corrected chi connectivity index (χ1v) is 10.3. The third-order valence-corrected chi connectivity index (χ3v) is 5.88. The monoisotopic (exact) mass is 429 g/mol. The van der Waals surface area contributed by atoms with E-state index >= 15 is 0 Å². The van der Waals surface area contributed by atoms with Gasteiger partial charge in [0.1, 0.15) is 17.1 Å². The Kier molecular flexibility index (Phi) is 6.51. The Bertz CT molecular complexity index is 1150. The average molecular weight is 429 g/mol. The third-order valence-electron chi connectivity index (χ3n) is 4.69. The third kappa shape index (κ3) is 4.35. The molecule has 0 aliphatic rings. The number of methoxy groups -OCH3 is 1. The normalized spacial score (nSPS) is 11.9. The predicted molar refractivity (Wildman–Crippen MR) is 115 cm³/mol. The van der Waals surface area contributed by atoms with Crippen LogP contribution in [-0.4, -0.2) is 34.6 Å². The zero-order valence-corrected chi connectivity index (χ0v) is 18.0. The lowest BCUT2D eigenvalue weighted by Gasteiger charge is -2.11. The van der Waals surface area contributed by atoms with Crippen LogP contribution < -0.4 is 15.6 Å². The van der Waals surface area contributed by atoms with Gasteiger partial charge in [-0.1, -0.05) is 19.1 Å². The molecule has 1 amide bonds. The van der Waals surface area contributed by atoms with Gasteiger partial charge in [-0.15, -0.1) is 11.3 Å². The van der Waals surface area contributed by atoms with Crippen LogP contribution in [0.4, 0.5) is 5.69 Å². The SMILES string of the molecule is CC[C@@H](C)OC(=O)Cn1cnc2sc(C(=O)Nc3ccccc3OC)c(C)c2c1=O. The van der Waals surface area contributed by atoms with Gasteiger partial charge in [-0.3, -0.25) is 19.0 Å². The fourth-order valence-electron chi connectivity index (χ4n) is 2.90. The summed E-state index contributed by atoms with van der Waals surface area (Å²) in [7, 11) is 1.52. The molecule has 0 saturated carbocycles. The van der Waals surface area contributed by atoms with E-state index in [1.54, 1.807) is 38.1 Å². The molecule has 0 aliphatic heterocycles. The average Bonchev–Trinajstić information content (AvgIpc) is 3.07. The van der Waals surface area contributed by atoms with E-state index in [1.807, 2.05) is 6.92 Å². The number of amides is 1. The fourth-order valence-corrected chi connectivity index (χ4v) is 3.93. The van der Waals surface area contributed by atoms with Crippen molar-refractivity contribution >= 4 is 39.1 Å². The molecular weight excluding hydrogens is 406 g/mol. The molecule has 0 radical (unpaired) electrons. The number of nitrogens with one attached hydrogen (secondary N) is 1. The zero-order valence-electron chi connectivity index (χ0n) is 17.2. The molecule has 0 bridgehead atoms. The standard InChI is InChI=1S/C21H23N3O5S/c1-5-12(2)29-16(25)10-24-11-22-20-17(21(24)27)13(3)18(30-20)19(26)23-14-8-6-7-9-15(14)28-4/h6-9,11-12H,5,10H2,1-4H3,(H,23,26)/t12-/m1/s1. The van der Waals surface area contributed by atoms with E-state index in [1.165, 1.54) is 18.0 Å². The molecule has 1 atom stereocenters. The second-order valence-electron chi connectivity index (χ2n) is 6.78. The second-order valence-corrected chi connectivity index (χ2v) is 7.78. The number of rotatable bonds is 7. The maximum atomic E-state index is 12.9. The summed E-state index contributed by atoms with van der Waals surface area (Å²) in [6, 6.07) is 7.06. The van der Waals surface area contributed by atoms with Gasteiger partial charge in [0.15, 0.2) is 0 Å². The number of benzene rings is 1. The Hall–Kier alpha value is -3.20. The smallest absolute Gasteiger partial charge is 0.326 e. The van der Waals surface area contributed by atoms with Gasteiger partial charge in [0.05, 0.1) is 35.5 Å². The molecular formula is C21H23N3O5S. The number of esters is 1. The number of anilines is 1. The van der Waals surface area contributed by atoms with Gasteiger partial charge < -0.3 is 14.8 Å². The molecule has 2 heterocycles. The van der Waals surface area contributed by atoms with Crippen LogP contribution in [0.1, 0.15) is 35.5 Å². The van der Waals surface area contributed by atoms with E-state index < -0.39 is 5.97 Å². The largest absolute Gasteiger partial charge is 0.495 e. The highest BCUT2D eigenvalue weighted by Crippen LogP contribution is 2.29. The number of aromatic nitrogens is 2. The van der Waals surface area contributed by atoms with Crippen molar-refractivity contribution in [3.8, 4) is 5.75 Å². The van der Waals surface area contributed by atoms with Crippen LogP contribution in [0.15, 0.2) is 35.4 Å². The molecule has 3 aromatic rings. The summed E-state index contributed by atoms with van der Waals surface area (Å²) >= 11 is 1.13. The van der Waals surface area contributed by atoms with Crippen LogP contribution in [0, 0.1) is 6.92 Å². The summed E-state index contributed by atoms with van der Waals surface area (Å²) in [4.78, 5) is 42.9. The van der Waals surface area contributed by atoms with E-state index in [9.17, 15) is 14.4 Å². The van der Waals surface area contributed by atoms with Crippen LogP contribution in [0.5, 0.6) is 5.75 Å². The Morgan fingerprint density at radius 1 is 1.30 bits per heavy atom. The number of para-hydroxylation sites is 2. The fraction of sp³-hybridized carbons (Fsp3) is 0.333. The van der Waals surface area contributed by atoms with Crippen molar-refractivity contribution in [2.45, 2.75) is 39.8 Å². The highest BCUT2D eigenvalue weighted by molar-refractivity contribution is 7.20. The number of carbonyl (C=O) groups excluding carboxylic acids is 2. The van der Waals surface area contributed by atoms with Crippen LogP contribution >= 0.6 is 11.3 Å². The maximum Gasteiger partial charge on any atom is 0.326 e. The Morgan fingerprint density at radius 2 is 2.03 bits per heavy atom. The van der Waals surface area contributed by atoms with E-state index in [0.717, 1.165) is 11.3 Å². The summed E-state index contributed by atoms with van der Waals surface area (Å²) in [6.45, 7) is 5.16. The number of aryl methyl sites for hydroxylation is 1. The van der Waals surface area contributed by atoms with Crippen molar-refractivity contribution in [3.63, 3.8) is 0 Å². The van der Waals surface area contributed by atoms with Gasteiger partial charge in [-0.25, -0.2) is 4.98 Å². The number of fused-ring (bicyclic) bond motifs is 1. The van der Waals surface area contributed by atoms with Crippen molar-refractivity contribution in [2.24, 2.45) is 0 Å². The van der Waals surface area contributed by atoms with Gasteiger partial charge in [0, 0.05) is 0 Å². The number of hydrogen-bond donors (Lipinski definition) is 1. The van der Waals surface area contributed by atoms with Crippen LogP contribution in [-0.2, 0) is 16.1 Å². The minimum atomic E-state index is -0.505. The van der Waals surface area contributed by atoms with Gasteiger partial charge in [-0.2, -0.15) is 0 Å². The molecule has 0 spiro atoms. The first-order valence-electron chi connectivity index (χ1n) is 9.48. The van der Waals surface area contributed by atoms with E-state index in [-0.39, 0.29) is 24.1 Å². The van der Waals surface area contributed by atoms with Crippen molar-refractivity contribution in [3.05, 3.63) is 51.4 Å². The Morgan fingerprint density at radius 3 is 2.73 bits per heavy atom. The summed E-state index contributed by atoms with van der Waals surface area (Å²) in [6.07, 6.45) is 1.77. The first kappa shape index (κ1) is 21.5. The van der Waals surface area contributed by atoms with Gasteiger partial charge in [0.2, 0.25) is 0 Å². The molecule has 2 aromatic heterocycles. The molecule has 8 nitrogen and oxygen atoms in total. The quantitative estimate of drug-likeness (QED) is 0.578. The van der Waals surface area contributed by atoms with E-state index in [2.05, 4.69) is 10.3 Å². The lowest BCUT2D eigenvalue weighted by Crippen LogP contribution is -2.27. The van der Waals surface area contributed by atoms with Gasteiger partial charge in [0.25, 0.3) is 11.5 Å². The molecule has 30 heavy (non-hydrogen) atoms. The lowest BCUT2D eigenvalue weighted by atomic mass is 10.2. The summed E-state index contributed by atoms with van der Waals surface area (Å²) < 4.78 is 11.7. The highest BCUT2D eigenvalue weighted by atomic mass is 32.1. The minimum absolute atomic E-state index is 0.224. The van der Waals surface area contributed by atoms with Crippen LogP contribution in [0.2, 0.25) is 0 Å². The minimum Gasteiger partial charge on any atom is -0.495 e. The molecule has 9 heteroatoms. The molecule has 0 fully saturated rings. The highest BCUT2D eigenvalue weighted by Gasteiger charge is 2.21. The second kappa shape index (κ2) is 9.08. The number of thiophene rings is 1. The molecule has 1 aromatic carbocycles. The van der Waals surface area contributed by atoms with Crippen molar-refractivity contribution in [2.75, 3.05) is 12.4 Å². The van der Waals surface area contributed by atoms with Crippen LogP contribution in [0.25, 0.3) is 10.2 Å². The molecule has 0 unspecified atom stereocenters. The van der Waals surface area contributed by atoms with Crippen molar-refractivity contribution < 1.29 is 19.1 Å². The molecule has 158 valence electrons. The van der Waals surface area contributed by atoms with Gasteiger partial charge in [-0.05, 0) is 38.0 Å². The lowest BCUT2D eigenvalue weighted by molar-refractivity contribution is -0.149. The Balaban J connectivity index is 1.90. The van der Waals surface area contributed by atoms with Crippen LogP contribution in [0.3, 0.4) is 0 Å². The van der Waals surface area contributed by atoms with E-state index in [0.29, 0.717) is 38.5 Å². The number of hydrogen-bond acceptors (Lipinski definition) is 7. The summed E-state index contributed by atoms with van der Waals surface area (Å²) in [5.41, 5.74) is 0.663.